The number of benzene rings is 2. The first-order chi connectivity index (χ1) is 18.2. The molecule has 0 aliphatic heterocycles. The van der Waals surface area contributed by atoms with Gasteiger partial charge in [0.1, 0.15) is 17.3 Å². The summed E-state index contributed by atoms with van der Waals surface area (Å²) >= 11 is 0. The number of fused-ring (bicyclic) bond motifs is 1. The molecule has 4 rings (SSSR count). The number of ether oxygens (including phenoxy) is 3. The van der Waals surface area contributed by atoms with Crippen molar-refractivity contribution in [1.82, 2.24) is 9.97 Å². The van der Waals surface area contributed by atoms with Crippen molar-refractivity contribution in [2.24, 2.45) is 0 Å². The van der Waals surface area contributed by atoms with Crippen molar-refractivity contribution in [2.45, 2.75) is 39.0 Å². The number of H-pyrrole nitrogens is 1. The first-order valence-electron chi connectivity index (χ1n) is 12.1. The molecule has 0 spiro atoms. The Morgan fingerprint density at radius 1 is 1.08 bits per heavy atom. The summed E-state index contributed by atoms with van der Waals surface area (Å²) < 4.78 is 21.8. The minimum Gasteiger partial charge on any atom is -0.507 e. The molecule has 38 heavy (non-hydrogen) atoms. The second kappa shape index (κ2) is 10.9. The highest BCUT2D eigenvalue weighted by Crippen LogP contribution is 2.46. The summed E-state index contributed by atoms with van der Waals surface area (Å²) in [5.74, 6) is 0.686. The second-order valence-electron chi connectivity index (χ2n) is 9.18. The molecule has 1 unspecified atom stereocenters. The van der Waals surface area contributed by atoms with Gasteiger partial charge in [0.25, 0.3) is 0 Å². The number of hydrogen-bond donors (Lipinski definition) is 3. The van der Waals surface area contributed by atoms with Crippen LogP contribution in [0, 0.1) is 6.92 Å². The second-order valence-corrected chi connectivity index (χ2v) is 9.18. The Morgan fingerprint density at radius 2 is 1.82 bits per heavy atom. The Morgan fingerprint density at radius 3 is 2.45 bits per heavy atom. The fourth-order valence-corrected chi connectivity index (χ4v) is 4.47. The van der Waals surface area contributed by atoms with Gasteiger partial charge in [0.05, 0.1) is 37.9 Å². The van der Waals surface area contributed by atoms with Gasteiger partial charge in [0.15, 0.2) is 11.5 Å². The van der Waals surface area contributed by atoms with Crippen molar-refractivity contribution in [2.75, 3.05) is 26.6 Å². The lowest BCUT2D eigenvalue weighted by atomic mass is 9.87. The van der Waals surface area contributed by atoms with Crippen LogP contribution in [-0.4, -0.2) is 42.3 Å². The van der Waals surface area contributed by atoms with Crippen molar-refractivity contribution < 1.29 is 28.5 Å². The molecule has 0 saturated carbocycles. The highest BCUT2D eigenvalue weighted by Gasteiger charge is 2.30. The van der Waals surface area contributed by atoms with Crippen molar-refractivity contribution in [3.05, 3.63) is 69.5 Å². The van der Waals surface area contributed by atoms with E-state index in [1.807, 2.05) is 19.9 Å². The van der Waals surface area contributed by atoms with E-state index < -0.39 is 17.5 Å². The average molecular weight is 522 g/mol. The number of aromatic hydroxyl groups is 1. The predicted octanol–water partition coefficient (Wildman–Crippen LogP) is 4.84. The van der Waals surface area contributed by atoms with Gasteiger partial charge in [-0.25, -0.2) is 9.78 Å². The number of imidazole rings is 1. The first-order valence-corrected chi connectivity index (χ1v) is 12.1. The molecule has 0 radical (unpaired) electrons. The number of nitrogens with one attached hydrogen (secondary N) is 2. The van der Waals surface area contributed by atoms with E-state index in [4.69, 9.17) is 18.6 Å². The smallest absolute Gasteiger partial charge is 0.343 e. The molecule has 2 aromatic heterocycles. The van der Waals surface area contributed by atoms with Crippen molar-refractivity contribution in [1.29, 1.82) is 0 Å². The summed E-state index contributed by atoms with van der Waals surface area (Å²) in [4.78, 5) is 34.1. The third kappa shape index (κ3) is 5.15. The summed E-state index contributed by atoms with van der Waals surface area (Å²) in [6.45, 7) is 5.64. The molecule has 3 N–H and O–H groups in total. The van der Waals surface area contributed by atoms with Gasteiger partial charge in [-0.2, -0.15) is 0 Å². The number of aryl methyl sites for hydroxylation is 1. The van der Waals surface area contributed by atoms with E-state index in [-0.39, 0.29) is 35.2 Å². The van der Waals surface area contributed by atoms with E-state index in [1.165, 1.54) is 27.4 Å². The van der Waals surface area contributed by atoms with Crippen LogP contribution in [0.4, 0.5) is 5.69 Å². The molecule has 10 nitrogen and oxygen atoms in total. The summed E-state index contributed by atoms with van der Waals surface area (Å²) in [6, 6.07) is 10.0. The van der Waals surface area contributed by atoms with Gasteiger partial charge in [-0.05, 0) is 31.2 Å². The molecular formula is C28H31N3O7. The number of nitrogens with zero attached hydrogens (tertiary/aromatic N) is 1. The highest BCUT2D eigenvalue weighted by molar-refractivity contribution is 5.94. The van der Waals surface area contributed by atoms with Gasteiger partial charge in [-0.15, -0.1) is 0 Å². The zero-order chi connectivity index (χ0) is 27.6. The number of methoxy groups -OCH3 is 3. The standard InChI is InChI=1S/C28H31N3O7/c1-14(2)27-30-19-9-7-16(12-20(19)31-27)29-23(33)13-18(24-21(32)11-15(3)38-28(24)34)17-8-10-22(35-4)26(37-6)25(17)36-5/h7-12,14,18,32H,13H2,1-6H3,(H,29,33)(H,30,31). The Balaban J connectivity index is 1.75. The zero-order valence-corrected chi connectivity index (χ0v) is 22.2. The number of amides is 1. The van der Waals surface area contributed by atoms with Gasteiger partial charge >= 0.3 is 5.63 Å². The molecule has 1 amide bonds. The van der Waals surface area contributed by atoms with Gasteiger partial charge < -0.3 is 34.0 Å². The van der Waals surface area contributed by atoms with Crippen LogP contribution in [0.1, 0.15) is 54.8 Å². The Hall–Kier alpha value is -4.47. The fourth-order valence-electron chi connectivity index (χ4n) is 4.47. The summed E-state index contributed by atoms with van der Waals surface area (Å²) in [6.07, 6.45) is -0.203. The van der Waals surface area contributed by atoms with Crippen LogP contribution in [0.3, 0.4) is 0 Å². The van der Waals surface area contributed by atoms with Crippen LogP contribution in [-0.2, 0) is 4.79 Å². The Kier molecular flexibility index (Phi) is 7.61. The van der Waals surface area contributed by atoms with Gasteiger partial charge in [-0.1, -0.05) is 19.9 Å². The molecule has 1 atom stereocenters. The highest BCUT2D eigenvalue weighted by atomic mass is 16.5. The van der Waals surface area contributed by atoms with Crippen molar-refractivity contribution >= 4 is 22.6 Å². The van der Waals surface area contributed by atoms with Crippen LogP contribution in [0.2, 0.25) is 0 Å². The number of anilines is 1. The van der Waals surface area contributed by atoms with Crippen LogP contribution >= 0.6 is 0 Å². The topological polar surface area (TPSA) is 136 Å². The quantitative estimate of drug-likeness (QED) is 0.285. The molecule has 0 saturated heterocycles. The summed E-state index contributed by atoms with van der Waals surface area (Å²) in [5, 5.41) is 13.6. The lowest BCUT2D eigenvalue weighted by Crippen LogP contribution is -2.21. The lowest BCUT2D eigenvalue weighted by molar-refractivity contribution is -0.116. The predicted molar refractivity (Wildman–Crippen MR) is 143 cm³/mol. The van der Waals surface area contributed by atoms with E-state index in [0.29, 0.717) is 22.7 Å². The number of carbonyl (C=O) groups is 1. The van der Waals surface area contributed by atoms with E-state index in [9.17, 15) is 14.7 Å². The molecular weight excluding hydrogens is 490 g/mol. The normalized spacial score (nSPS) is 12.0. The number of aromatic amines is 1. The summed E-state index contributed by atoms with van der Waals surface area (Å²) in [7, 11) is 4.39. The van der Waals surface area contributed by atoms with E-state index in [1.54, 1.807) is 31.2 Å². The third-order valence-electron chi connectivity index (χ3n) is 6.27. The average Bonchev–Trinajstić information content (AvgIpc) is 3.30. The number of rotatable bonds is 9. The zero-order valence-electron chi connectivity index (χ0n) is 22.2. The van der Waals surface area contributed by atoms with Crippen LogP contribution in [0.5, 0.6) is 23.0 Å². The number of carbonyl (C=O) groups excluding carboxylic acids is 1. The van der Waals surface area contributed by atoms with Gasteiger partial charge in [0, 0.05) is 35.6 Å². The largest absolute Gasteiger partial charge is 0.507 e. The Bertz CT molecular complexity index is 1540. The fraction of sp³-hybridized carbons (Fsp3) is 0.321. The van der Waals surface area contributed by atoms with E-state index >= 15 is 0 Å². The molecule has 4 aromatic rings. The molecule has 200 valence electrons. The maximum Gasteiger partial charge on any atom is 0.343 e. The molecule has 0 bridgehead atoms. The molecule has 0 aliphatic rings. The van der Waals surface area contributed by atoms with Gasteiger partial charge in [0.2, 0.25) is 11.7 Å². The van der Waals surface area contributed by atoms with E-state index in [2.05, 4.69) is 15.3 Å². The Labute approximate surface area is 219 Å². The summed E-state index contributed by atoms with van der Waals surface area (Å²) in [5.41, 5.74) is 1.76. The van der Waals surface area contributed by atoms with Crippen LogP contribution in [0.25, 0.3) is 11.0 Å². The van der Waals surface area contributed by atoms with Crippen LogP contribution < -0.4 is 25.2 Å². The molecule has 0 fully saturated rings. The third-order valence-corrected chi connectivity index (χ3v) is 6.27. The van der Waals surface area contributed by atoms with E-state index in [0.717, 1.165) is 16.9 Å². The van der Waals surface area contributed by atoms with Crippen LogP contribution in [0.15, 0.2) is 45.6 Å². The maximum atomic E-state index is 13.3. The maximum absolute atomic E-state index is 13.3. The molecule has 10 heteroatoms. The lowest BCUT2D eigenvalue weighted by Gasteiger charge is -2.22. The van der Waals surface area contributed by atoms with Crippen molar-refractivity contribution in [3.63, 3.8) is 0 Å². The SMILES string of the molecule is COc1ccc(C(CC(=O)Nc2ccc3nc(C(C)C)[nH]c3c2)c2c(O)cc(C)oc2=O)c(OC)c1OC. The number of hydrogen-bond acceptors (Lipinski definition) is 8. The first kappa shape index (κ1) is 26.6. The minimum absolute atomic E-state index is 0.0677. The van der Waals surface area contributed by atoms with Crippen molar-refractivity contribution in [3.8, 4) is 23.0 Å². The molecule has 0 aliphatic carbocycles. The molecule has 2 aromatic carbocycles. The number of aromatic nitrogens is 2. The van der Waals surface area contributed by atoms with Gasteiger partial charge in [-0.3, -0.25) is 4.79 Å². The monoisotopic (exact) mass is 521 g/mol. The molecule has 2 heterocycles. The minimum atomic E-state index is -0.926.